The van der Waals surface area contributed by atoms with Crippen molar-refractivity contribution in [1.82, 2.24) is 9.80 Å². The van der Waals surface area contributed by atoms with Gasteiger partial charge in [-0.05, 0) is 25.7 Å². The highest BCUT2D eigenvalue weighted by Crippen LogP contribution is 2.37. The normalized spacial score (nSPS) is 28.3. The van der Waals surface area contributed by atoms with Crippen LogP contribution in [0.25, 0.3) is 0 Å². The fourth-order valence-corrected chi connectivity index (χ4v) is 4.46. The molecule has 27 heavy (non-hydrogen) atoms. The van der Waals surface area contributed by atoms with Gasteiger partial charge >= 0.3 is 0 Å². The summed E-state index contributed by atoms with van der Waals surface area (Å²) in [5.74, 6) is -0.911. The Labute approximate surface area is 159 Å². The van der Waals surface area contributed by atoms with Crippen LogP contribution in [0.4, 0.5) is 0 Å². The van der Waals surface area contributed by atoms with Gasteiger partial charge < -0.3 is 14.9 Å². The summed E-state index contributed by atoms with van der Waals surface area (Å²) < 4.78 is 0. The topological polar surface area (TPSA) is 77.9 Å². The summed E-state index contributed by atoms with van der Waals surface area (Å²) >= 11 is 0. The molecule has 3 aliphatic rings. The number of hydrogen-bond donors (Lipinski definition) is 1. The number of nitrogens with zero attached hydrogens (tertiary/aromatic N) is 2. The monoisotopic (exact) mass is 370 g/mol. The van der Waals surface area contributed by atoms with E-state index in [-0.39, 0.29) is 17.7 Å². The van der Waals surface area contributed by atoms with Crippen LogP contribution in [-0.2, 0) is 9.59 Å². The second-order valence-corrected chi connectivity index (χ2v) is 8.16. The van der Waals surface area contributed by atoms with Gasteiger partial charge in [-0.2, -0.15) is 0 Å². The minimum atomic E-state index is -0.844. The molecule has 2 unspecified atom stereocenters. The van der Waals surface area contributed by atoms with Crippen molar-refractivity contribution in [3.8, 4) is 0 Å². The van der Waals surface area contributed by atoms with Crippen LogP contribution in [-0.4, -0.2) is 64.3 Å². The summed E-state index contributed by atoms with van der Waals surface area (Å²) in [6.45, 7) is 1.75. The molecular formula is C21H26N2O4. The third-order valence-electron chi connectivity index (χ3n) is 6.55. The Kier molecular flexibility index (Phi) is 4.76. The van der Waals surface area contributed by atoms with Gasteiger partial charge in [-0.25, -0.2) is 0 Å². The summed E-state index contributed by atoms with van der Waals surface area (Å²) in [7, 11) is 0. The Morgan fingerprint density at radius 1 is 0.963 bits per heavy atom. The van der Waals surface area contributed by atoms with Gasteiger partial charge in [-0.3, -0.25) is 14.4 Å². The molecule has 0 aromatic heterocycles. The van der Waals surface area contributed by atoms with Crippen LogP contribution < -0.4 is 0 Å². The molecule has 3 fully saturated rings. The maximum atomic E-state index is 12.7. The summed E-state index contributed by atoms with van der Waals surface area (Å²) in [6, 6.07) is 8.55. The molecule has 2 saturated heterocycles. The van der Waals surface area contributed by atoms with Crippen LogP contribution in [0.2, 0.25) is 0 Å². The molecular weight excluding hydrogens is 344 g/mol. The summed E-state index contributed by atoms with van der Waals surface area (Å²) in [5.41, 5.74) is -0.461. The Balaban J connectivity index is 1.44. The number of aliphatic hydroxyl groups is 1. The highest BCUT2D eigenvalue weighted by molar-refractivity contribution is 6.42. The summed E-state index contributed by atoms with van der Waals surface area (Å²) in [5, 5.41) is 11.0. The van der Waals surface area contributed by atoms with Crippen molar-refractivity contribution >= 4 is 17.6 Å². The second-order valence-electron chi connectivity index (χ2n) is 8.16. The van der Waals surface area contributed by atoms with Crippen molar-refractivity contribution in [2.24, 2.45) is 11.8 Å². The maximum Gasteiger partial charge on any atom is 0.294 e. The van der Waals surface area contributed by atoms with E-state index in [2.05, 4.69) is 0 Å². The molecule has 1 aliphatic carbocycles. The lowest BCUT2D eigenvalue weighted by atomic mass is 9.74. The van der Waals surface area contributed by atoms with Crippen LogP contribution in [0.1, 0.15) is 42.5 Å². The lowest BCUT2D eigenvalue weighted by molar-refractivity contribution is -0.155. The summed E-state index contributed by atoms with van der Waals surface area (Å²) in [6.07, 6.45) is 4.03. The SMILES string of the molecule is O=C(C(=O)N1CCC2(O)CCN(C(=O)C3CCC3)CC2C1)c1ccccc1. The predicted octanol–water partition coefficient (Wildman–Crippen LogP) is 1.48. The van der Waals surface area contributed by atoms with Gasteiger partial charge in [0.2, 0.25) is 11.7 Å². The molecule has 144 valence electrons. The van der Waals surface area contributed by atoms with Crippen molar-refractivity contribution in [2.45, 2.75) is 37.7 Å². The van der Waals surface area contributed by atoms with Crippen molar-refractivity contribution in [3.05, 3.63) is 35.9 Å². The minimum absolute atomic E-state index is 0.136. The Morgan fingerprint density at radius 3 is 2.22 bits per heavy atom. The number of likely N-dealkylation sites (tertiary alicyclic amines) is 2. The lowest BCUT2D eigenvalue weighted by Gasteiger charge is -2.50. The van der Waals surface area contributed by atoms with Gasteiger partial charge in [0, 0.05) is 43.6 Å². The average molecular weight is 370 g/mol. The average Bonchev–Trinajstić information content (AvgIpc) is 2.65. The number of ketones is 1. The standard InChI is InChI=1S/C21H26N2O4/c24-18(15-5-2-1-3-6-15)20(26)23-12-10-21(27)9-11-22(13-17(21)14-23)19(25)16-7-4-8-16/h1-3,5-6,16-17,27H,4,7-14H2. The van der Waals surface area contributed by atoms with Crippen LogP contribution in [0.5, 0.6) is 0 Å². The van der Waals surface area contributed by atoms with E-state index in [9.17, 15) is 19.5 Å². The molecule has 2 aliphatic heterocycles. The molecule has 1 aromatic carbocycles. The molecule has 6 nitrogen and oxygen atoms in total. The first-order valence-electron chi connectivity index (χ1n) is 9.88. The van der Waals surface area contributed by atoms with Crippen LogP contribution in [0.15, 0.2) is 30.3 Å². The number of carbonyl (C=O) groups is 3. The number of Topliss-reactive ketones (excluding diaryl/α,β-unsaturated/α-hetero) is 1. The highest BCUT2D eigenvalue weighted by atomic mass is 16.3. The Morgan fingerprint density at radius 2 is 1.59 bits per heavy atom. The van der Waals surface area contributed by atoms with Gasteiger partial charge in [-0.1, -0.05) is 36.8 Å². The quantitative estimate of drug-likeness (QED) is 0.646. The van der Waals surface area contributed by atoms with Gasteiger partial charge in [-0.15, -0.1) is 0 Å². The number of rotatable bonds is 3. The van der Waals surface area contributed by atoms with Crippen molar-refractivity contribution in [3.63, 3.8) is 0 Å². The van der Waals surface area contributed by atoms with Gasteiger partial charge in [0.05, 0.1) is 5.60 Å². The second kappa shape index (κ2) is 7.08. The summed E-state index contributed by atoms with van der Waals surface area (Å²) in [4.78, 5) is 41.1. The molecule has 1 saturated carbocycles. The third-order valence-corrected chi connectivity index (χ3v) is 6.55. The molecule has 2 atom stereocenters. The molecule has 0 radical (unpaired) electrons. The van der Waals surface area contributed by atoms with Gasteiger partial charge in [0.25, 0.3) is 5.91 Å². The van der Waals surface area contributed by atoms with Crippen LogP contribution in [0.3, 0.4) is 0 Å². The van der Waals surface area contributed by atoms with E-state index in [1.54, 1.807) is 35.2 Å². The molecule has 2 heterocycles. The van der Waals surface area contributed by atoms with Crippen LogP contribution >= 0.6 is 0 Å². The molecule has 2 amide bonds. The van der Waals surface area contributed by atoms with Gasteiger partial charge in [0.1, 0.15) is 0 Å². The van der Waals surface area contributed by atoms with E-state index >= 15 is 0 Å². The molecule has 1 aromatic rings. The zero-order valence-electron chi connectivity index (χ0n) is 15.5. The van der Waals surface area contributed by atoms with Crippen molar-refractivity contribution < 1.29 is 19.5 Å². The Bertz CT molecular complexity index is 746. The van der Waals surface area contributed by atoms with Crippen LogP contribution in [0, 0.1) is 11.8 Å². The predicted molar refractivity (Wildman–Crippen MR) is 98.9 cm³/mol. The molecule has 1 N–H and O–H groups in total. The van der Waals surface area contributed by atoms with Crippen molar-refractivity contribution in [2.75, 3.05) is 26.2 Å². The minimum Gasteiger partial charge on any atom is -0.389 e. The number of fused-ring (bicyclic) bond motifs is 1. The van der Waals surface area contributed by atoms with E-state index in [0.29, 0.717) is 44.6 Å². The molecule has 4 rings (SSSR count). The molecule has 6 heteroatoms. The number of piperidine rings is 2. The zero-order valence-corrected chi connectivity index (χ0v) is 15.5. The first-order valence-corrected chi connectivity index (χ1v) is 9.88. The number of amides is 2. The number of hydrogen-bond acceptors (Lipinski definition) is 4. The molecule has 0 spiro atoms. The molecule has 0 bridgehead atoms. The lowest BCUT2D eigenvalue weighted by Crippen LogP contribution is -2.62. The zero-order chi connectivity index (χ0) is 19.0. The fraction of sp³-hybridized carbons (Fsp3) is 0.571. The first kappa shape index (κ1) is 18.2. The number of carbonyl (C=O) groups excluding carboxylic acids is 3. The first-order chi connectivity index (χ1) is 13.0. The largest absolute Gasteiger partial charge is 0.389 e. The van der Waals surface area contributed by atoms with E-state index < -0.39 is 17.3 Å². The maximum absolute atomic E-state index is 12.7. The number of benzene rings is 1. The van der Waals surface area contributed by atoms with Crippen molar-refractivity contribution in [1.29, 1.82) is 0 Å². The third kappa shape index (κ3) is 3.38. The van der Waals surface area contributed by atoms with E-state index in [4.69, 9.17) is 0 Å². The fourth-order valence-electron chi connectivity index (χ4n) is 4.46. The van der Waals surface area contributed by atoms with E-state index in [1.807, 2.05) is 4.90 Å². The van der Waals surface area contributed by atoms with E-state index in [0.717, 1.165) is 19.3 Å². The van der Waals surface area contributed by atoms with Gasteiger partial charge in [0.15, 0.2) is 0 Å². The highest BCUT2D eigenvalue weighted by Gasteiger charge is 2.48. The Hall–Kier alpha value is -2.21. The smallest absolute Gasteiger partial charge is 0.294 e. The van der Waals surface area contributed by atoms with E-state index in [1.165, 1.54) is 0 Å².